The minimum Gasteiger partial charge on any atom is -0.398 e. The van der Waals surface area contributed by atoms with Gasteiger partial charge in [0, 0.05) is 24.3 Å². The topological polar surface area (TPSA) is 46.3 Å². The van der Waals surface area contributed by atoms with Crippen molar-refractivity contribution < 1.29 is 4.79 Å². The second-order valence-corrected chi connectivity index (χ2v) is 6.19. The highest BCUT2D eigenvalue weighted by molar-refractivity contribution is 5.95. The van der Waals surface area contributed by atoms with Crippen LogP contribution in [-0.2, 0) is 11.2 Å². The van der Waals surface area contributed by atoms with Crippen molar-refractivity contribution in [1.29, 1.82) is 0 Å². The molecule has 0 saturated carbocycles. The first kappa shape index (κ1) is 16.8. The molecule has 0 bridgehead atoms. The third-order valence-electron chi connectivity index (χ3n) is 4.17. The van der Waals surface area contributed by atoms with E-state index in [9.17, 15) is 4.79 Å². The zero-order valence-electron chi connectivity index (χ0n) is 12.6. The number of hydrogen-bond acceptors (Lipinski definition) is 2. The van der Waals surface area contributed by atoms with Gasteiger partial charge in [0.2, 0.25) is 5.91 Å². The largest absolute Gasteiger partial charge is 0.398 e. The Bertz CT molecular complexity index is 485. The highest BCUT2D eigenvalue weighted by atomic mass is 35.5. The summed E-state index contributed by atoms with van der Waals surface area (Å²) in [5.74, 6) is 0.221. The molecule has 0 unspecified atom stereocenters. The number of amides is 1. The molecular formula is C16H25ClN2O. The van der Waals surface area contributed by atoms with Crippen LogP contribution in [0.2, 0.25) is 0 Å². The molecule has 1 aliphatic rings. The number of carbonyl (C=O) groups excluding carboxylic acids is 1. The number of benzene rings is 1. The van der Waals surface area contributed by atoms with Gasteiger partial charge in [-0.15, -0.1) is 12.4 Å². The molecule has 4 heteroatoms. The summed E-state index contributed by atoms with van der Waals surface area (Å²) in [5.41, 5.74) is 9.05. The predicted octanol–water partition coefficient (Wildman–Crippen LogP) is 3.80. The summed E-state index contributed by atoms with van der Waals surface area (Å²) in [4.78, 5) is 14.5. The molecule has 2 rings (SSSR count). The molecule has 0 fully saturated rings. The lowest BCUT2D eigenvalue weighted by molar-refractivity contribution is -0.120. The third-order valence-corrected chi connectivity index (χ3v) is 4.17. The van der Waals surface area contributed by atoms with Crippen molar-refractivity contribution in [2.75, 3.05) is 17.2 Å². The van der Waals surface area contributed by atoms with Gasteiger partial charge in [0.25, 0.3) is 0 Å². The summed E-state index contributed by atoms with van der Waals surface area (Å²) >= 11 is 0. The maximum Gasteiger partial charge on any atom is 0.227 e. The average molecular weight is 297 g/mol. The summed E-state index contributed by atoms with van der Waals surface area (Å²) in [5, 5.41) is 0. The monoisotopic (exact) mass is 296 g/mol. The first-order valence-electron chi connectivity index (χ1n) is 7.12. The van der Waals surface area contributed by atoms with Crippen molar-refractivity contribution in [3.8, 4) is 0 Å². The Balaban J connectivity index is 0.00000200. The Morgan fingerprint density at radius 3 is 2.75 bits per heavy atom. The van der Waals surface area contributed by atoms with Gasteiger partial charge in [-0.1, -0.05) is 33.3 Å². The van der Waals surface area contributed by atoms with E-state index in [0.29, 0.717) is 6.42 Å². The normalized spacial score (nSPS) is 14.4. The van der Waals surface area contributed by atoms with Crippen molar-refractivity contribution >= 4 is 29.7 Å². The SMILES string of the molecule is CCC(C)(C)CC(=O)N1CCCc2c(N)cccc21.Cl. The number of fused-ring (bicyclic) bond motifs is 1. The third kappa shape index (κ3) is 3.45. The molecule has 1 aromatic rings. The predicted molar refractivity (Wildman–Crippen MR) is 87.5 cm³/mol. The molecule has 3 nitrogen and oxygen atoms in total. The molecule has 0 saturated heterocycles. The van der Waals surface area contributed by atoms with Crippen molar-refractivity contribution in [2.24, 2.45) is 5.41 Å². The molecule has 112 valence electrons. The summed E-state index contributed by atoms with van der Waals surface area (Å²) in [6.07, 6.45) is 3.58. The van der Waals surface area contributed by atoms with Crippen molar-refractivity contribution in [3.63, 3.8) is 0 Å². The maximum absolute atomic E-state index is 12.5. The fourth-order valence-electron chi connectivity index (χ4n) is 2.54. The smallest absolute Gasteiger partial charge is 0.227 e. The van der Waals surface area contributed by atoms with Gasteiger partial charge >= 0.3 is 0 Å². The fraction of sp³-hybridized carbons (Fsp3) is 0.562. The molecular weight excluding hydrogens is 272 g/mol. The van der Waals surface area contributed by atoms with Crippen LogP contribution < -0.4 is 10.6 Å². The number of carbonyl (C=O) groups is 1. The van der Waals surface area contributed by atoms with Crippen LogP contribution in [0.1, 0.15) is 45.6 Å². The molecule has 1 aromatic carbocycles. The lowest BCUT2D eigenvalue weighted by Gasteiger charge is -2.33. The van der Waals surface area contributed by atoms with Gasteiger partial charge < -0.3 is 10.6 Å². The first-order valence-corrected chi connectivity index (χ1v) is 7.12. The minimum atomic E-state index is 0. The second-order valence-electron chi connectivity index (χ2n) is 6.19. The summed E-state index contributed by atoms with van der Waals surface area (Å²) < 4.78 is 0. The maximum atomic E-state index is 12.5. The van der Waals surface area contributed by atoms with Crippen molar-refractivity contribution in [2.45, 2.75) is 46.5 Å². The van der Waals surface area contributed by atoms with Crippen LogP contribution in [0.4, 0.5) is 11.4 Å². The van der Waals surface area contributed by atoms with Crippen LogP contribution in [0.5, 0.6) is 0 Å². The number of hydrogen-bond donors (Lipinski definition) is 1. The number of nitrogens with two attached hydrogens (primary N) is 1. The van der Waals surface area contributed by atoms with Gasteiger partial charge in [0.1, 0.15) is 0 Å². The molecule has 1 heterocycles. The van der Waals surface area contributed by atoms with Gasteiger partial charge in [-0.25, -0.2) is 0 Å². The zero-order valence-corrected chi connectivity index (χ0v) is 13.4. The lowest BCUT2D eigenvalue weighted by atomic mass is 9.85. The molecule has 1 amide bonds. The van der Waals surface area contributed by atoms with E-state index in [4.69, 9.17) is 5.73 Å². The molecule has 0 spiro atoms. The first-order chi connectivity index (χ1) is 8.94. The van der Waals surface area contributed by atoms with E-state index in [1.165, 1.54) is 0 Å². The van der Waals surface area contributed by atoms with Crippen LogP contribution >= 0.6 is 12.4 Å². The van der Waals surface area contributed by atoms with E-state index >= 15 is 0 Å². The van der Waals surface area contributed by atoms with E-state index in [1.54, 1.807) is 0 Å². The lowest BCUT2D eigenvalue weighted by Crippen LogP contribution is -2.38. The highest BCUT2D eigenvalue weighted by Crippen LogP contribution is 2.33. The van der Waals surface area contributed by atoms with Crippen molar-refractivity contribution in [3.05, 3.63) is 23.8 Å². The fourth-order valence-corrected chi connectivity index (χ4v) is 2.54. The standard InChI is InChI=1S/C16H24N2O.ClH/c1-4-16(2,3)11-15(19)18-10-6-7-12-13(17)8-5-9-14(12)18;/h5,8-9H,4,6-7,10-11,17H2,1-3H3;1H. The highest BCUT2D eigenvalue weighted by Gasteiger charge is 2.28. The average Bonchev–Trinajstić information content (AvgIpc) is 2.38. The van der Waals surface area contributed by atoms with Gasteiger partial charge in [0.15, 0.2) is 0 Å². The molecule has 0 radical (unpaired) electrons. The van der Waals surface area contributed by atoms with Crippen LogP contribution in [0, 0.1) is 5.41 Å². The second kappa shape index (κ2) is 6.49. The molecule has 1 aliphatic heterocycles. The number of rotatable bonds is 3. The number of halogens is 1. The van der Waals surface area contributed by atoms with E-state index < -0.39 is 0 Å². The van der Waals surface area contributed by atoms with E-state index in [2.05, 4.69) is 20.8 Å². The van der Waals surface area contributed by atoms with Crippen LogP contribution in [0.25, 0.3) is 0 Å². The van der Waals surface area contributed by atoms with E-state index in [0.717, 1.165) is 42.7 Å². The van der Waals surface area contributed by atoms with Gasteiger partial charge in [-0.3, -0.25) is 4.79 Å². The number of anilines is 2. The summed E-state index contributed by atoms with van der Waals surface area (Å²) in [6, 6.07) is 5.87. The van der Waals surface area contributed by atoms with E-state index in [1.807, 2.05) is 23.1 Å². The van der Waals surface area contributed by atoms with Gasteiger partial charge in [-0.2, -0.15) is 0 Å². The Morgan fingerprint density at radius 2 is 2.10 bits per heavy atom. The van der Waals surface area contributed by atoms with Gasteiger partial charge in [-0.05, 0) is 36.0 Å². The molecule has 20 heavy (non-hydrogen) atoms. The Labute approximate surface area is 127 Å². The number of nitrogens with zero attached hydrogens (tertiary/aromatic N) is 1. The van der Waals surface area contributed by atoms with Crippen LogP contribution in [0.3, 0.4) is 0 Å². The van der Waals surface area contributed by atoms with E-state index in [-0.39, 0.29) is 23.7 Å². The van der Waals surface area contributed by atoms with Gasteiger partial charge in [0.05, 0.1) is 0 Å². The molecule has 0 atom stereocenters. The Kier molecular flexibility index (Phi) is 5.46. The Morgan fingerprint density at radius 1 is 1.40 bits per heavy atom. The summed E-state index contributed by atoms with van der Waals surface area (Å²) in [7, 11) is 0. The number of nitrogen functional groups attached to an aromatic ring is 1. The quantitative estimate of drug-likeness (QED) is 0.863. The Hall–Kier alpha value is -1.22. The van der Waals surface area contributed by atoms with Crippen molar-refractivity contribution in [1.82, 2.24) is 0 Å². The molecule has 0 aliphatic carbocycles. The van der Waals surface area contributed by atoms with Crippen LogP contribution in [-0.4, -0.2) is 12.5 Å². The molecule has 2 N–H and O–H groups in total. The summed E-state index contributed by atoms with van der Waals surface area (Å²) in [6.45, 7) is 7.24. The molecule has 0 aromatic heterocycles. The zero-order chi connectivity index (χ0) is 14.0. The minimum absolute atomic E-state index is 0. The van der Waals surface area contributed by atoms with Crippen LogP contribution in [0.15, 0.2) is 18.2 Å².